The third-order valence-electron chi connectivity index (χ3n) is 2.89. The molecule has 1 saturated carbocycles. The molecule has 1 fully saturated rings. The lowest BCUT2D eigenvalue weighted by atomic mass is 9.64. The largest absolute Gasteiger partial charge is 0.300 e. The molecule has 0 amide bonds. The molecular weight excluding hydrogens is 227 g/mol. The van der Waals surface area contributed by atoms with Crippen molar-refractivity contribution >= 4 is 11.5 Å². The Balaban J connectivity index is 2.51. The minimum Gasteiger partial charge on any atom is -0.300 e. The lowest BCUT2D eigenvalue weighted by Gasteiger charge is -2.33. The third-order valence-corrected chi connectivity index (χ3v) is 2.89. The Kier molecular flexibility index (Phi) is 2.39. The number of nitrogens with zero attached hydrogens (tertiary/aromatic N) is 2. The van der Waals surface area contributed by atoms with Gasteiger partial charge in [0.15, 0.2) is 0 Å². The highest BCUT2D eigenvalue weighted by molar-refractivity contribution is 5.90. The van der Waals surface area contributed by atoms with Gasteiger partial charge in [0.1, 0.15) is 11.6 Å². The highest BCUT2D eigenvalue weighted by atomic mass is 19.1. The summed E-state index contributed by atoms with van der Waals surface area (Å²) in [7, 11) is 0. The van der Waals surface area contributed by atoms with Crippen LogP contribution in [0.5, 0.6) is 0 Å². The summed E-state index contributed by atoms with van der Waals surface area (Å²) in [6, 6.07) is 4.90. The van der Waals surface area contributed by atoms with E-state index in [1.807, 2.05) is 6.07 Å². The Morgan fingerprint density at radius 3 is 2.59 bits per heavy atom. The summed E-state index contributed by atoms with van der Waals surface area (Å²) in [5.74, 6) is -0.831. The van der Waals surface area contributed by atoms with Crippen molar-refractivity contribution in [2.45, 2.75) is 18.3 Å². The number of carbonyl (C=O) groups is 1. The molecule has 0 N–H and O–H groups in total. The van der Waals surface area contributed by atoms with E-state index in [2.05, 4.69) is 0 Å². The molecule has 1 aromatic rings. The molecule has 1 aliphatic carbocycles. The number of carbonyl (C=O) groups excluding carboxylic acids is 1. The van der Waals surface area contributed by atoms with E-state index < -0.39 is 16.2 Å². The fourth-order valence-corrected chi connectivity index (χ4v) is 1.94. The second kappa shape index (κ2) is 3.63. The molecule has 0 radical (unpaired) electrons. The predicted molar refractivity (Wildman–Crippen MR) is 54.6 cm³/mol. The summed E-state index contributed by atoms with van der Waals surface area (Å²) in [6.45, 7) is 0. The number of non-ortho nitro benzene ring substituents is 1. The van der Waals surface area contributed by atoms with Gasteiger partial charge in [-0.2, -0.15) is 5.26 Å². The van der Waals surface area contributed by atoms with Gasteiger partial charge in [0.2, 0.25) is 0 Å². The van der Waals surface area contributed by atoms with Gasteiger partial charge in [0, 0.05) is 30.5 Å². The van der Waals surface area contributed by atoms with Gasteiger partial charge in [-0.05, 0) is 6.07 Å². The fraction of sp³-hybridized carbons (Fsp3) is 0.273. The molecule has 17 heavy (non-hydrogen) atoms. The highest BCUT2D eigenvalue weighted by Gasteiger charge is 2.47. The van der Waals surface area contributed by atoms with Gasteiger partial charge < -0.3 is 0 Å². The zero-order valence-electron chi connectivity index (χ0n) is 8.64. The van der Waals surface area contributed by atoms with Gasteiger partial charge in [0.25, 0.3) is 5.69 Å². The van der Waals surface area contributed by atoms with E-state index in [-0.39, 0.29) is 29.9 Å². The number of benzene rings is 1. The van der Waals surface area contributed by atoms with Crippen LogP contribution in [0, 0.1) is 27.3 Å². The van der Waals surface area contributed by atoms with Crippen molar-refractivity contribution < 1.29 is 14.1 Å². The minimum absolute atomic E-state index is 0.0613. The average Bonchev–Trinajstić information content (AvgIpc) is 2.25. The molecule has 2 rings (SSSR count). The standard InChI is InChI=1S/C11H7FN2O3/c12-10-2-1-7(14(16)17)3-9(10)11(6-13)4-8(15)5-11/h1-3H,4-5H2. The molecule has 1 aliphatic rings. The van der Waals surface area contributed by atoms with Gasteiger partial charge >= 0.3 is 0 Å². The molecule has 86 valence electrons. The number of nitro groups is 1. The first-order valence-electron chi connectivity index (χ1n) is 4.86. The Labute approximate surface area is 95.6 Å². The van der Waals surface area contributed by atoms with Crippen LogP contribution in [-0.2, 0) is 10.2 Å². The van der Waals surface area contributed by atoms with Crippen LogP contribution in [0.2, 0.25) is 0 Å². The number of Topliss-reactive ketones (excluding diaryl/α,β-unsaturated/α-hetero) is 1. The van der Waals surface area contributed by atoms with Crippen LogP contribution in [-0.4, -0.2) is 10.7 Å². The van der Waals surface area contributed by atoms with Crippen LogP contribution in [0.3, 0.4) is 0 Å². The second-order valence-corrected chi connectivity index (χ2v) is 4.01. The lowest BCUT2D eigenvalue weighted by molar-refractivity contribution is -0.385. The van der Waals surface area contributed by atoms with Crippen LogP contribution in [0.1, 0.15) is 18.4 Å². The molecular formula is C11H7FN2O3. The number of hydrogen-bond donors (Lipinski definition) is 0. The quantitative estimate of drug-likeness (QED) is 0.577. The molecule has 5 nitrogen and oxygen atoms in total. The van der Waals surface area contributed by atoms with Gasteiger partial charge in [-0.3, -0.25) is 14.9 Å². The van der Waals surface area contributed by atoms with E-state index >= 15 is 0 Å². The molecule has 0 spiro atoms. The predicted octanol–water partition coefficient (Wildman–Crippen LogP) is 1.86. The average molecular weight is 234 g/mol. The van der Waals surface area contributed by atoms with Gasteiger partial charge in [-0.1, -0.05) is 0 Å². The number of ketones is 1. The van der Waals surface area contributed by atoms with Gasteiger partial charge in [-0.25, -0.2) is 4.39 Å². The second-order valence-electron chi connectivity index (χ2n) is 4.01. The topological polar surface area (TPSA) is 84.0 Å². The van der Waals surface area contributed by atoms with E-state index in [4.69, 9.17) is 5.26 Å². The molecule has 0 saturated heterocycles. The molecule has 6 heteroatoms. The van der Waals surface area contributed by atoms with Crippen LogP contribution in [0.15, 0.2) is 18.2 Å². The van der Waals surface area contributed by atoms with Crippen molar-refractivity contribution in [1.82, 2.24) is 0 Å². The molecule has 0 unspecified atom stereocenters. The maximum absolute atomic E-state index is 13.6. The molecule has 0 aromatic heterocycles. The number of halogens is 1. The van der Waals surface area contributed by atoms with E-state index in [1.54, 1.807) is 0 Å². The Morgan fingerprint density at radius 2 is 2.12 bits per heavy atom. The Morgan fingerprint density at radius 1 is 1.47 bits per heavy atom. The molecule has 1 aromatic carbocycles. The Hall–Kier alpha value is -2.29. The van der Waals surface area contributed by atoms with Crippen LogP contribution in [0.4, 0.5) is 10.1 Å². The summed E-state index contributed by atoms with van der Waals surface area (Å²) in [5, 5.41) is 19.6. The summed E-state index contributed by atoms with van der Waals surface area (Å²) in [4.78, 5) is 20.9. The lowest BCUT2D eigenvalue weighted by Crippen LogP contribution is -2.41. The van der Waals surface area contributed by atoms with Gasteiger partial charge in [0.05, 0.1) is 16.4 Å². The number of nitro benzene ring substituents is 1. The first kappa shape index (κ1) is 11.2. The Bertz CT molecular complexity index is 554. The van der Waals surface area contributed by atoms with Crippen molar-refractivity contribution in [3.63, 3.8) is 0 Å². The molecule has 0 atom stereocenters. The molecule has 0 aliphatic heterocycles. The van der Waals surface area contributed by atoms with E-state index in [0.717, 1.165) is 18.2 Å². The summed E-state index contributed by atoms with van der Waals surface area (Å²) >= 11 is 0. The maximum atomic E-state index is 13.6. The summed E-state index contributed by atoms with van der Waals surface area (Å²) in [6.07, 6.45) is -0.164. The first-order valence-corrected chi connectivity index (χ1v) is 4.86. The third kappa shape index (κ3) is 1.65. The number of hydrogen-bond acceptors (Lipinski definition) is 4. The minimum atomic E-state index is -1.23. The van der Waals surface area contributed by atoms with Gasteiger partial charge in [-0.15, -0.1) is 0 Å². The highest BCUT2D eigenvalue weighted by Crippen LogP contribution is 2.42. The van der Waals surface area contributed by atoms with Crippen LogP contribution >= 0.6 is 0 Å². The monoisotopic (exact) mass is 234 g/mol. The first-order chi connectivity index (χ1) is 7.98. The normalized spacial score (nSPS) is 17.1. The number of rotatable bonds is 2. The van der Waals surface area contributed by atoms with Crippen molar-refractivity contribution in [2.75, 3.05) is 0 Å². The molecule has 0 bridgehead atoms. The van der Waals surface area contributed by atoms with E-state index in [0.29, 0.717) is 0 Å². The zero-order chi connectivity index (χ0) is 12.6. The van der Waals surface area contributed by atoms with Crippen molar-refractivity contribution in [1.29, 1.82) is 5.26 Å². The SMILES string of the molecule is N#CC1(c2cc([N+](=O)[O-])ccc2F)CC(=O)C1. The van der Waals surface area contributed by atoms with E-state index in [9.17, 15) is 19.3 Å². The zero-order valence-corrected chi connectivity index (χ0v) is 8.64. The van der Waals surface area contributed by atoms with E-state index in [1.165, 1.54) is 0 Å². The maximum Gasteiger partial charge on any atom is 0.269 e. The van der Waals surface area contributed by atoms with Crippen molar-refractivity contribution in [3.8, 4) is 6.07 Å². The van der Waals surface area contributed by atoms with Crippen molar-refractivity contribution in [3.05, 3.63) is 39.7 Å². The summed E-state index contributed by atoms with van der Waals surface area (Å²) < 4.78 is 13.6. The smallest absolute Gasteiger partial charge is 0.269 e. The van der Waals surface area contributed by atoms with Crippen LogP contribution in [0.25, 0.3) is 0 Å². The van der Waals surface area contributed by atoms with Crippen LogP contribution < -0.4 is 0 Å². The summed E-state index contributed by atoms with van der Waals surface area (Å²) in [5.41, 5.74) is -1.57. The molecule has 0 heterocycles. The fourth-order valence-electron chi connectivity index (χ4n) is 1.94. The van der Waals surface area contributed by atoms with Crippen molar-refractivity contribution in [2.24, 2.45) is 0 Å². The number of nitriles is 1.